The normalized spacial score (nSPS) is 54.5. The van der Waals surface area contributed by atoms with Crippen LogP contribution in [0.4, 0.5) is 0 Å². The Bertz CT molecular complexity index is 639. The van der Waals surface area contributed by atoms with Crippen molar-refractivity contribution in [2.75, 3.05) is 0 Å². The van der Waals surface area contributed by atoms with Crippen LogP contribution in [0.1, 0.15) is 90.9 Å². The van der Waals surface area contributed by atoms with Crippen LogP contribution in [0.15, 0.2) is 0 Å². The monoisotopic (exact) mass is 373 g/mol. The summed E-state index contributed by atoms with van der Waals surface area (Å²) in [5, 5.41) is 10.3. The van der Waals surface area contributed by atoms with E-state index in [2.05, 4.69) is 19.7 Å². The molecule has 0 radical (unpaired) electrons. The molecule has 0 aliphatic heterocycles. The highest BCUT2D eigenvalue weighted by Crippen LogP contribution is 2.81. The summed E-state index contributed by atoms with van der Waals surface area (Å²) in [6.07, 6.45) is 14.6. The van der Waals surface area contributed by atoms with E-state index < -0.39 is 7.14 Å². The zero-order valence-corrected chi connectivity index (χ0v) is 17.6. The first kappa shape index (κ1) is 17.8. The third-order valence-corrected chi connectivity index (χ3v) is 13.6. The van der Waals surface area contributed by atoms with Crippen molar-refractivity contribution in [3.05, 3.63) is 0 Å². The molecule has 0 amide bonds. The molecule has 6 aliphatic rings. The van der Waals surface area contributed by atoms with Crippen LogP contribution in [-0.2, 0) is 4.57 Å². The molecular formula is C23H36NOP. The summed E-state index contributed by atoms with van der Waals surface area (Å²) in [5.74, 6) is 7.10. The molecule has 6 rings (SSSR count). The summed E-state index contributed by atoms with van der Waals surface area (Å²) >= 11 is 0. The average Bonchev–Trinajstić information content (AvgIpc) is 2.58. The Morgan fingerprint density at radius 3 is 1.85 bits per heavy atom. The Kier molecular flexibility index (Phi) is 4.01. The molecule has 0 spiro atoms. The van der Waals surface area contributed by atoms with Gasteiger partial charge in [0.15, 0.2) is 7.14 Å². The van der Waals surface area contributed by atoms with Gasteiger partial charge in [-0.05, 0) is 106 Å². The quantitative estimate of drug-likeness (QED) is 0.511. The van der Waals surface area contributed by atoms with Crippen LogP contribution < -0.4 is 0 Å². The van der Waals surface area contributed by atoms with E-state index in [1.807, 2.05) is 0 Å². The Hall–Kier alpha value is -0.280. The van der Waals surface area contributed by atoms with Gasteiger partial charge in [0.05, 0.1) is 0 Å². The second-order valence-corrected chi connectivity index (χ2v) is 14.7. The van der Waals surface area contributed by atoms with Crippen LogP contribution in [0.2, 0.25) is 0 Å². The second kappa shape index (κ2) is 5.86. The smallest absolute Gasteiger partial charge is 0.193 e. The van der Waals surface area contributed by atoms with E-state index in [-0.39, 0.29) is 10.3 Å². The zero-order valence-electron chi connectivity index (χ0n) is 16.8. The number of nitrogens with zero attached hydrogens (tertiary/aromatic N) is 1. The van der Waals surface area contributed by atoms with Gasteiger partial charge < -0.3 is 4.57 Å². The Labute approximate surface area is 159 Å². The minimum atomic E-state index is -2.87. The van der Waals surface area contributed by atoms with Crippen LogP contribution in [0.3, 0.4) is 0 Å². The highest BCUT2D eigenvalue weighted by Gasteiger charge is 2.67. The molecule has 3 heteroatoms. The lowest BCUT2D eigenvalue weighted by Crippen LogP contribution is -2.55. The lowest BCUT2D eigenvalue weighted by molar-refractivity contribution is 0.0286. The molecule has 5 atom stereocenters. The van der Waals surface area contributed by atoms with Gasteiger partial charge in [-0.3, -0.25) is 0 Å². The Balaban J connectivity index is 1.59. The van der Waals surface area contributed by atoms with Crippen molar-refractivity contribution in [1.29, 1.82) is 5.26 Å². The van der Waals surface area contributed by atoms with Crippen LogP contribution in [0.25, 0.3) is 0 Å². The van der Waals surface area contributed by atoms with Crippen molar-refractivity contribution >= 4 is 7.14 Å². The SMILES string of the molecule is CCC1CC2CC(C)CC(P(=O)(C#N)C34CC5CC(CC(C5)C3)C4)(C1)C2. The summed E-state index contributed by atoms with van der Waals surface area (Å²) in [6, 6.07) is 0. The van der Waals surface area contributed by atoms with Gasteiger partial charge >= 0.3 is 0 Å². The van der Waals surface area contributed by atoms with Gasteiger partial charge in [0.2, 0.25) is 0 Å². The summed E-state index contributed by atoms with van der Waals surface area (Å²) in [6.45, 7) is 4.68. The molecule has 6 aliphatic carbocycles. The molecule has 6 fully saturated rings. The van der Waals surface area contributed by atoms with Crippen molar-refractivity contribution in [3.63, 3.8) is 0 Å². The zero-order chi connectivity index (χ0) is 18.2. The van der Waals surface area contributed by atoms with Gasteiger partial charge in [-0.15, -0.1) is 0 Å². The minimum Gasteiger partial charge on any atom is -0.307 e. The molecule has 6 bridgehead atoms. The third kappa shape index (κ3) is 2.32. The van der Waals surface area contributed by atoms with E-state index in [1.54, 1.807) is 0 Å². The van der Waals surface area contributed by atoms with Gasteiger partial charge in [0.25, 0.3) is 0 Å². The molecule has 6 saturated carbocycles. The summed E-state index contributed by atoms with van der Waals surface area (Å²) in [7, 11) is -2.87. The molecule has 144 valence electrons. The topological polar surface area (TPSA) is 40.9 Å². The predicted molar refractivity (Wildman–Crippen MR) is 106 cm³/mol. The number of nitriles is 1. The van der Waals surface area contributed by atoms with Gasteiger partial charge in [-0.1, -0.05) is 20.3 Å². The minimum absolute atomic E-state index is 0.0895. The van der Waals surface area contributed by atoms with E-state index in [0.717, 1.165) is 62.2 Å². The average molecular weight is 374 g/mol. The predicted octanol–water partition coefficient (Wildman–Crippen LogP) is 6.79. The standard InChI is InChI=1S/C23H36NOP/c1-3-17-5-18-4-16(2)9-22(10-17,11-18)26(25,15-24)23-12-19-6-20(13-23)8-21(7-19)14-23/h16-21H,3-14H2,1-2H3. The first-order valence-corrected chi connectivity index (χ1v) is 13.1. The molecule has 5 unspecified atom stereocenters. The molecule has 0 saturated heterocycles. The Morgan fingerprint density at radius 2 is 1.35 bits per heavy atom. The molecule has 0 N–H and O–H groups in total. The fraction of sp³-hybridized carbons (Fsp3) is 0.957. The van der Waals surface area contributed by atoms with Crippen LogP contribution in [0.5, 0.6) is 0 Å². The molecule has 0 heterocycles. The maximum Gasteiger partial charge on any atom is 0.193 e. The molecule has 0 aromatic rings. The van der Waals surface area contributed by atoms with Crippen molar-refractivity contribution < 1.29 is 4.57 Å². The third-order valence-electron chi connectivity index (χ3n) is 9.53. The van der Waals surface area contributed by atoms with Crippen molar-refractivity contribution in [3.8, 4) is 5.81 Å². The molecular weight excluding hydrogens is 337 g/mol. The first-order chi connectivity index (χ1) is 12.4. The van der Waals surface area contributed by atoms with Gasteiger partial charge in [0.1, 0.15) is 5.81 Å². The molecule has 0 aromatic carbocycles. The first-order valence-electron chi connectivity index (χ1n) is 11.4. The number of hydrogen-bond acceptors (Lipinski definition) is 2. The van der Waals surface area contributed by atoms with E-state index in [9.17, 15) is 9.83 Å². The highest BCUT2D eigenvalue weighted by atomic mass is 31.2. The van der Waals surface area contributed by atoms with E-state index >= 15 is 0 Å². The summed E-state index contributed by atoms with van der Waals surface area (Å²) in [4.78, 5) is 0. The van der Waals surface area contributed by atoms with Crippen LogP contribution in [-0.4, -0.2) is 10.3 Å². The summed E-state index contributed by atoms with van der Waals surface area (Å²) in [5.41, 5.74) is 0. The van der Waals surface area contributed by atoms with Crippen molar-refractivity contribution in [1.82, 2.24) is 0 Å². The molecule has 2 nitrogen and oxygen atoms in total. The maximum atomic E-state index is 15.0. The number of rotatable bonds is 3. The maximum absolute atomic E-state index is 15.0. The lowest BCUT2D eigenvalue weighted by atomic mass is 9.56. The van der Waals surface area contributed by atoms with E-state index in [4.69, 9.17) is 0 Å². The fourth-order valence-electron chi connectivity index (χ4n) is 9.31. The number of fused-ring (bicyclic) bond motifs is 2. The van der Waals surface area contributed by atoms with Crippen LogP contribution in [0, 0.1) is 46.6 Å². The van der Waals surface area contributed by atoms with Gasteiger partial charge in [-0.25, -0.2) is 0 Å². The molecule has 0 aromatic heterocycles. The summed E-state index contributed by atoms with van der Waals surface area (Å²) < 4.78 is 15.0. The fourth-order valence-corrected chi connectivity index (χ4v) is 13.9. The van der Waals surface area contributed by atoms with Crippen molar-refractivity contribution in [2.45, 2.75) is 101 Å². The van der Waals surface area contributed by atoms with Crippen molar-refractivity contribution in [2.24, 2.45) is 35.5 Å². The number of hydrogen-bond donors (Lipinski definition) is 0. The Morgan fingerprint density at radius 1 is 0.846 bits per heavy atom. The lowest BCUT2D eigenvalue weighted by Gasteiger charge is -2.63. The van der Waals surface area contributed by atoms with Crippen LogP contribution >= 0.6 is 7.14 Å². The molecule has 26 heavy (non-hydrogen) atoms. The second-order valence-electron chi connectivity index (χ2n) is 11.4. The highest BCUT2D eigenvalue weighted by molar-refractivity contribution is 7.71. The van der Waals surface area contributed by atoms with E-state index in [0.29, 0.717) is 11.8 Å². The largest absolute Gasteiger partial charge is 0.307 e. The van der Waals surface area contributed by atoms with E-state index in [1.165, 1.54) is 38.5 Å². The van der Waals surface area contributed by atoms with Gasteiger partial charge in [-0.2, -0.15) is 5.26 Å². The van der Waals surface area contributed by atoms with Gasteiger partial charge in [0, 0.05) is 10.3 Å².